The van der Waals surface area contributed by atoms with Gasteiger partial charge in [-0.1, -0.05) is 91.3 Å². The Balaban J connectivity index is 2.70. The predicted molar refractivity (Wildman–Crippen MR) is 118 cm³/mol. The van der Waals surface area contributed by atoms with E-state index in [9.17, 15) is 5.11 Å². The first-order valence-electron chi connectivity index (χ1n) is 9.76. The van der Waals surface area contributed by atoms with E-state index in [1.165, 1.54) is 23.7 Å². The van der Waals surface area contributed by atoms with Gasteiger partial charge in [0.2, 0.25) is 0 Å². The minimum atomic E-state index is -0.554. The largest absolute Gasteiger partial charge is 0.507 e. The Morgan fingerprint density at radius 1 is 0.885 bits per heavy atom. The maximum absolute atomic E-state index is 11.3. The van der Waals surface area contributed by atoms with E-state index in [1.807, 2.05) is 0 Å². The number of unbranched alkanes of at least 4 members (excludes halogenated alkanes) is 1. The highest BCUT2D eigenvalue weighted by atomic mass is 31.1. The van der Waals surface area contributed by atoms with Crippen LogP contribution in [0.1, 0.15) is 72.4 Å². The van der Waals surface area contributed by atoms with Gasteiger partial charge >= 0.3 is 0 Å². The third kappa shape index (κ3) is 4.89. The second-order valence-electron chi connectivity index (χ2n) is 9.23. The van der Waals surface area contributed by atoms with Gasteiger partial charge in [-0.15, -0.1) is 0 Å². The van der Waals surface area contributed by atoms with E-state index < -0.39 is 7.92 Å². The van der Waals surface area contributed by atoms with Crippen LogP contribution < -0.4 is 10.6 Å². The van der Waals surface area contributed by atoms with Gasteiger partial charge in [0.1, 0.15) is 5.75 Å². The Bertz CT molecular complexity index is 720. The molecular weight excluding hydrogens is 335 g/mol. The molecule has 142 valence electrons. The Labute approximate surface area is 161 Å². The summed E-state index contributed by atoms with van der Waals surface area (Å²) in [6.45, 7) is 15.6. The van der Waals surface area contributed by atoms with Gasteiger partial charge in [0.05, 0.1) is 0 Å². The number of rotatable bonds is 5. The van der Waals surface area contributed by atoms with E-state index in [0.29, 0.717) is 5.75 Å². The molecule has 0 aliphatic heterocycles. The molecular formula is C24H35OP. The highest BCUT2D eigenvalue weighted by Gasteiger charge is 2.28. The van der Waals surface area contributed by atoms with E-state index in [2.05, 4.69) is 90.9 Å². The molecule has 2 aromatic carbocycles. The zero-order valence-corrected chi connectivity index (χ0v) is 18.5. The van der Waals surface area contributed by atoms with Gasteiger partial charge in [-0.2, -0.15) is 0 Å². The van der Waals surface area contributed by atoms with Gasteiger partial charge in [0, 0.05) is 10.9 Å². The first-order chi connectivity index (χ1) is 12.1. The molecule has 0 heterocycles. The Kier molecular flexibility index (Phi) is 6.56. The summed E-state index contributed by atoms with van der Waals surface area (Å²) in [6, 6.07) is 15.2. The fourth-order valence-corrected chi connectivity index (χ4v) is 5.76. The van der Waals surface area contributed by atoms with Crippen molar-refractivity contribution in [2.45, 2.75) is 72.1 Å². The van der Waals surface area contributed by atoms with E-state index in [1.54, 1.807) is 0 Å². The number of aromatic hydroxyl groups is 1. The molecule has 0 radical (unpaired) electrons. The van der Waals surface area contributed by atoms with Gasteiger partial charge in [0.15, 0.2) is 0 Å². The number of phenolic OH excluding ortho intramolecular Hbond substituents is 1. The molecule has 0 amide bonds. The zero-order chi connectivity index (χ0) is 19.5. The van der Waals surface area contributed by atoms with Crippen molar-refractivity contribution in [3.63, 3.8) is 0 Å². The molecule has 0 saturated heterocycles. The summed E-state index contributed by atoms with van der Waals surface area (Å²) in [4.78, 5) is 0. The molecule has 1 atom stereocenters. The molecule has 2 heteroatoms. The Hall–Kier alpha value is -1.33. The molecule has 0 aromatic heterocycles. The molecule has 1 nitrogen and oxygen atoms in total. The van der Waals surface area contributed by atoms with Crippen LogP contribution in [0.5, 0.6) is 5.75 Å². The van der Waals surface area contributed by atoms with Crippen LogP contribution in [0.3, 0.4) is 0 Å². The van der Waals surface area contributed by atoms with E-state index in [4.69, 9.17) is 0 Å². The van der Waals surface area contributed by atoms with Crippen molar-refractivity contribution in [2.75, 3.05) is 6.16 Å². The number of phenols is 1. The standard InChI is InChI=1S/C24H35OP/c1-8-9-15-26(19-13-11-10-12-14-19)21-17-18(23(2,3)4)16-20(22(21)25)24(5,6)7/h10-14,16-17,25H,8-9,15H2,1-7H3. The van der Waals surface area contributed by atoms with Gasteiger partial charge < -0.3 is 5.11 Å². The van der Waals surface area contributed by atoms with Crippen LogP contribution in [0.4, 0.5) is 0 Å². The quantitative estimate of drug-likeness (QED) is 0.620. The monoisotopic (exact) mass is 370 g/mol. The molecule has 0 spiro atoms. The summed E-state index contributed by atoms with van der Waals surface area (Å²) in [5.41, 5.74) is 2.36. The lowest BCUT2D eigenvalue weighted by molar-refractivity contribution is 0.449. The molecule has 0 bridgehead atoms. The lowest BCUT2D eigenvalue weighted by Gasteiger charge is -2.30. The first kappa shape index (κ1) is 21.0. The second kappa shape index (κ2) is 8.13. The lowest BCUT2D eigenvalue weighted by Crippen LogP contribution is -2.23. The van der Waals surface area contributed by atoms with E-state index in [0.717, 1.165) is 17.0 Å². The summed E-state index contributed by atoms with van der Waals surface area (Å²) < 4.78 is 0. The highest BCUT2D eigenvalue weighted by molar-refractivity contribution is 7.73. The van der Waals surface area contributed by atoms with Crippen molar-refractivity contribution in [1.29, 1.82) is 0 Å². The van der Waals surface area contributed by atoms with Crippen molar-refractivity contribution in [3.05, 3.63) is 53.6 Å². The molecule has 2 aromatic rings. The van der Waals surface area contributed by atoms with Crippen molar-refractivity contribution < 1.29 is 5.11 Å². The van der Waals surface area contributed by atoms with Gasteiger partial charge in [-0.05, 0) is 48.3 Å². The summed E-state index contributed by atoms with van der Waals surface area (Å²) in [6.07, 6.45) is 3.49. The molecule has 1 unspecified atom stereocenters. The van der Waals surface area contributed by atoms with Crippen LogP contribution in [-0.2, 0) is 10.8 Å². The summed E-state index contributed by atoms with van der Waals surface area (Å²) >= 11 is 0. The van der Waals surface area contributed by atoms with Crippen LogP contribution >= 0.6 is 7.92 Å². The topological polar surface area (TPSA) is 20.2 Å². The number of hydrogen-bond donors (Lipinski definition) is 1. The summed E-state index contributed by atoms with van der Waals surface area (Å²) in [5, 5.41) is 13.8. The first-order valence-corrected chi connectivity index (χ1v) is 11.3. The maximum atomic E-state index is 11.3. The third-order valence-corrected chi connectivity index (χ3v) is 7.47. The molecule has 2 rings (SSSR count). The SMILES string of the molecule is CCCCP(c1ccccc1)c1cc(C(C)(C)C)cc(C(C)(C)C)c1O. The van der Waals surface area contributed by atoms with Crippen LogP contribution in [0.2, 0.25) is 0 Å². The summed E-state index contributed by atoms with van der Waals surface area (Å²) in [5.74, 6) is 0.511. The van der Waals surface area contributed by atoms with Gasteiger partial charge in [-0.3, -0.25) is 0 Å². The molecule has 0 fully saturated rings. The van der Waals surface area contributed by atoms with Crippen LogP contribution in [0.15, 0.2) is 42.5 Å². The van der Waals surface area contributed by atoms with Crippen molar-refractivity contribution in [1.82, 2.24) is 0 Å². The molecule has 0 aliphatic rings. The second-order valence-corrected chi connectivity index (χ2v) is 11.5. The number of hydrogen-bond acceptors (Lipinski definition) is 1. The van der Waals surface area contributed by atoms with Crippen LogP contribution in [-0.4, -0.2) is 11.3 Å². The van der Waals surface area contributed by atoms with Gasteiger partial charge in [0.25, 0.3) is 0 Å². The highest BCUT2D eigenvalue weighted by Crippen LogP contribution is 2.43. The average molecular weight is 371 g/mol. The minimum Gasteiger partial charge on any atom is -0.507 e. The summed E-state index contributed by atoms with van der Waals surface area (Å²) in [7, 11) is -0.554. The molecule has 26 heavy (non-hydrogen) atoms. The van der Waals surface area contributed by atoms with Gasteiger partial charge in [-0.25, -0.2) is 0 Å². The van der Waals surface area contributed by atoms with Crippen molar-refractivity contribution in [2.24, 2.45) is 0 Å². The van der Waals surface area contributed by atoms with Crippen LogP contribution in [0.25, 0.3) is 0 Å². The normalized spacial score (nSPS) is 13.7. The van der Waals surface area contributed by atoms with E-state index >= 15 is 0 Å². The fraction of sp³-hybridized carbons (Fsp3) is 0.500. The Morgan fingerprint density at radius 2 is 1.50 bits per heavy atom. The molecule has 0 aliphatic carbocycles. The smallest absolute Gasteiger partial charge is 0.127 e. The van der Waals surface area contributed by atoms with Crippen molar-refractivity contribution >= 4 is 18.5 Å². The average Bonchev–Trinajstić information content (AvgIpc) is 2.55. The fourth-order valence-electron chi connectivity index (χ4n) is 3.14. The third-order valence-electron chi connectivity index (χ3n) is 4.86. The molecule has 0 saturated carbocycles. The maximum Gasteiger partial charge on any atom is 0.127 e. The Morgan fingerprint density at radius 3 is 2.00 bits per heavy atom. The molecule has 1 N–H and O–H groups in total. The zero-order valence-electron chi connectivity index (χ0n) is 17.6. The van der Waals surface area contributed by atoms with E-state index in [-0.39, 0.29) is 10.8 Å². The van der Waals surface area contributed by atoms with Crippen LogP contribution in [0, 0.1) is 0 Å². The predicted octanol–water partition coefficient (Wildman–Crippen LogP) is 6.22. The lowest BCUT2D eigenvalue weighted by atomic mass is 9.80. The minimum absolute atomic E-state index is 0.0604. The number of benzene rings is 2. The van der Waals surface area contributed by atoms with Crippen molar-refractivity contribution in [3.8, 4) is 5.75 Å².